The van der Waals surface area contributed by atoms with E-state index in [0.717, 1.165) is 25.2 Å². The molecule has 2 aromatic rings. The number of likely N-dealkylation sites (tertiary alicyclic amines) is 1. The van der Waals surface area contributed by atoms with Crippen molar-refractivity contribution in [1.82, 2.24) is 14.5 Å². The first kappa shape index (κ1) is 12.8. The highest BCUT2D eigenvalue weighted by Crippen LogP contribution is 2.39. The van der Waals surface area contributed by atoms with E-state index in [1.807, 2.05) is 22.9 Å². The average molecular weight is 281 g/mol. The lowest BCUT2D eigenvalue weighted by Crippen LogP contribution is -2.45. The minimum atomic E-state index is 0.136. The van der Waals surface area contributed by atoms with Crippen molar-refractivity contribution in [2.75, 3.05) is 20.1 Å². The molecule has 0 saturated carbocycles. The van der Waals surface area contributed by atoms with Gasteiger partial charge in [0.2, 0.25) is 0 Å². The van der Waals surface area contributed by atoms with Crippen molar-refractivity contribution in [1.29, 1.82) is 0 Å². The lowest BCUT2D eigenvalue weighted by molar-refractivity contribution is 0.145. The first-order chi connectivity index (χ1) is 10.2. The number of hydrogen-bond acceptors (Lipinski definition) is 3. The zero-order chi connectivity index (χ0) is 14.4. The van der Waals surface area contributed by atoms with Gasteiger partial charge in [0.1, 0.15) is 0 Å². The van der Waals surface area contributed by atoms with E-state index < -0.39 is 0 Å². The van der Waals surface area contributed by atoms with Crippen LogP contribution in [0.15, 0.2) is 41.5 Å². The first-order valence-corrected chi connectivity index (χ1v) is 7.55. The SMILES string of the molecule is CN1CC2CC(C1)c1c(-c3cccnc3)ccc(=O)n1C2. The Balaban J connectivity index is 1.92. The molecule has 4 heteroatoms. The highest BCUT2D eigenvalue weighted by atomic mass is 16.1. The predicted octanol–water partition coefficient (Wildman–Crippen LogP) is 1.96. The molecule has 0 N–H and O–H groups in total. The summed E-state index contributed by atoms with van der Waals surface area (Å²) < 4.78 is 2.01. The van der Waals surface area contributed by atoms with Crippen LogP contribution in [0.4, 0.5) is 0 Å². The second-order valence-electron chi connectivity index (χ2n) is 6.34. The molecule has 4 rings (SSSR count). The van der Waals surface area contributed by atoms with Crippen molar-refractivity contribution in [3.8, 4) is 11.1 Å². The summed E-state index contributed by atoms with van der Waals surface area (Å²) in [6.45, 7) is 2.98. The molecule has 2 aromatic heterocycles. The van der Waals surface area contributed by atoms with Crippen molar-refractivity contribution < 1.29 is 0 Å². The fourth-order valence-corrected chi connectivity index (χ4v) is 4.02. The van der Waals surface area contributed by atoms with Crippen molar-refractivity contribution in [2.24, 2.45) is 5.92 Å². The van der Waals surface area contributed by atoms with E-state index in [1.165, 1.54) is 17.7 Å². The standard InChI is InChI=1S/C17H19N3O/c1-19-9-12-7-14(11-19)17-15(13-3-2-6-18-8-13)4-5-16(21)20(17)10-12/h2-6,8,12,14H,7,9-11H2,1H3. The van der Waals surface area contributed by atoms with Gasteiger partial charge in [-0.3, -0.25) is 9.78 Å². The van der Waals surface area contributed by atoms with Crippen molar-refractivity contribution >= 4 is 0 Å². The van der Waals surface area contributed by atoms with E-state index in [-0.39, 0.29) is 5.56 Å². The minimum Gasteiger partial charge on any atom is -0.311 e. The Bertz CT molecular complexity index is 723. The summed E-state index contributed by atoms with van der Waals surface area (Å²) in [5.74, 6) is 1.05. The van der Waals surface area contributed by atoms with Crippen LogP contribution in [-0.2, 0) is 6.54 Å². The lowest BCUT2D eigenvalue weighted by atomic mass is 9.81. The Labute approximate surface area is 124 Å². The molecule has 0 spiro atoms. The van der Waals surface area contributed by atoms with Gasteiger partial charge in [0.05, 0.1) is 0 Å². The molecule has 1 fully saturated rings. The van der Waals surface area contributed by atoms with Crippen LogP contribution in [-0.4, -0.2) is 34.6 Å². The van der Waals surface area contributed by atoms with Crippen LogP contribution in [0.5, 0.6) is 0 Å². The number of nitrogens with zero attached hydrogens (tertiary/aromatic N) is 3. The summed E-state index contributed by atoms with van der Waals surface area (Å²) in [6.07, 6.45) is 4.87. The van der Waals surface area contributed by atoms with Crippen LogP contribution >= 0.6 is 0 Å². The molecular formula is C17H19N3O. The molecule has 108 valence electrons. The summed E-state index contributed by atoms with van der Waals surface area (Å²) in [5, 5.41) is 0. The van der Waals surface area contributed by atoms with E-state index >= 15 is 0 Å². The minimum absolute atomic E-state index is 0.136. The highest BCUT2D eigenvalue weighted by Gasteiger charge is 2.34. The summed E-state index contributed by atoms with van der Waals surface area (Å²) >= 11 is 0. The molecule has 0 radical (unpaired) electrons. The maximum atomic E-state index is 12.3. The van der Waals surface area contributed by atoms with Gasteiger partial charge in [0, 0.05) is 60.8 Å². The number of hydrogen-bond donors (Lipinski definition) is 0. The Kier molecular flexibility index (Phi) is 2.93. The zero-order valence-corrected chi connectivity index (χ0v) is 12.2. The Morgan fingerprint density at radius 2 is 2.10 bits per heavy atom. The van der Waals surface area contributed by atoms with Gasteiger partial charge < -0.3 is 9.47 Å². The summed E-state index contributed by atoms with van der Waals surface area (Å²) in [4.78, 5) is 18.9. The van der Waals surface area contributed by atoms with E-state index in [4.69, 9.17) is 0 Å². The van der Waals surface area contributed by atoms with E-state index in [2.05, 4.69) is 23.0 Å². The van der Waals surface area contributed by atoms with Crippen LogP contribution in [0.1, 0.15) is 18.0 Å². The largest absolute Gasteiger partial charge is 0.311 e. The smallest absolute Gasteiger partial charge is 0.250 e. The zero-order valence-electron chi connectivity index (χ0n) is 12.2. The number of fused-ring (bicyclic) bond motifs is 4. The van der Waals surface area contributed by atoms with Gasteiger partial charge in [-0.1, -0.05) is 6.07 Å². The van der Waals surface area contributed by atoms with Crippen LogP contribution in [0.2, 0.25) is 0 Å². The van der Waals surface area contributed by atoms with E-state index in [0.29, 0.717) is 11.8 Å². The van der Waals surface area contributed by atoms with Gasteiger partial charge in [-0.15, -0.1) is 0 Å². The summed E-state index contributed by atoms with van der Waals surface area (Å²) in [7, 11) is 2.18. The number of likely N-dealkylation sites (N-methyl/N-ethyl adjacent to an activating group) is 1. The maximum Gasteiger partial charge on any atom is 0.250 e. The third kappa shape index (κ3) is 2.10. The Morgan fingerprint density at radius 1 is 1.19 bits per heavy atom. The number of aromatic nitrogens is 2. The molecule has 0 aliphatic carbocycles. The van der Waals surface area contributed by atoms with Gasteiger partial charge in [0.15, 0.2) is 0 Å². The normalized spacial score (nSPS) is 24.6. The van der Waals surface area contributed by atoms with E-state index in [9.17, 15) is 4.79 Å². The van der Waals surface area contributed by atoms with Gasteiger partial charge in [0.25, 0.3) is 5.56 Å². The molecule has 2 unspecified atom stereocenters. The molecule has 0 amide bonds. The Hall–Kier alpha value is -1.94. The number of rotatable bonds is 1. The fraction of sp³-hybridized carbons (Fsp3) is 0.412. The van der Waals surface area contributed by atoms with Crippen molar-refractivity contribution in [2.45, 2.75) is 18.9 Å². The second kappa shape index (κ2) is 4.81. The monoisotopic (exact) mass is 281 g/mol. The first-order valence-electron chi connectivity index (χ1n) is 7.55. The highest BCUT2D eigenvalue weighted by molar-refractivity contribution is 5.66. The van der Waals surface area contributed by atoms with E-state index in [1.54, 1.807) is 12.3 Å². The van der Waals surface area contributed by atoms with Crippen LogP contribution < -0.4 is 5.56 Å². The molecule has 2 atom stereocenters. The molecular weight excluding hydrogens is 262 g/mol. The molecule has 2 bridgehead atoms. The molecule has 21 heavy (non-hydrogen) atoms. The molecule has 0 aromatic carbocycles. The van der Waals surface area contributed by atoms with Crippen molar-refractivity contribution in [3.63, 3.8) is 0 Å². The van der Waals surface area contributed by atoms with Gasteiger partial charge in [-0.05, 0) is 31.5 Å². The number of piperidine rings is 1. The van der Waals surface area contributed by atoms with Crippen LogP contribution in [0.25, 0.3) is 11.1 Å². The third-order valence-corrected chi connectivity index (χ3v) is 4.75. The molecule has 2 aliphatic heterocycles. The number of pyridine rings is 2. The molecule has 2 aliphatic rings. The van der Waals surface area contributed by atoms with Crippen LogP contribution in [0.3, 0.4) is 0 Å². The fourth-order valence-electron chi connectivity index (χ4n) is 4.02. The predicted molar refractivity (Wildman–Crippen MR) is 82.3 cm³/mol. The van der Waals surface area contributed by atoms with Crippen LogP contribution in [0, 0.1) is 5.92 Å². The van der Waals surface area contributed by atoms with Gasteiger partial charge in [-0.25, -0.2) is 0 Å². The van der Waals surface area contributed by atoms with Gasteiger partial charge in [-0.2, -0.15) is 0 Å². The lowest BCUT2D eigenvalue weighted by Gasteiger charge is -2.42. The average Bonchev–Trinajstić information content (AvgIpc) is 2.49. The molecule has 4 nitrogen and oxygen atoms in total. The summed E-state index contributed by atoms with van der Waals surface area (Å²) in [5.41, 5.74) is 3.62. The second-order valence-corrected chi connectivity index (χ2v) is 6.34. The summed E-state index contributed by atoms with van der Waals surface area (Å²) in [6, 6.07) is 7.71. The maximum absolute atomic E-state index is 12.3. The molecule has 4 heterocycles. The van der Waals surface area contributed by atoms with Crippen molar-refractivity contribution in [3.05, 3.63) is 52.7 Å². The van der Waals surface area contributed by atoms with Gasteiger partial charge >= 0.3 is 0 Å². The Morgan fingerprint density at radius 3 is 2.90 bits per heavy atom. The topological polar surface area (TPSA) is 38.1 Å². The third-order valence-electron chi connectivity index (χ3n) is 4.75. The quantitative estimate of drug-likeness (QED) is 0.802. The molecule has 1 saturated heterocycles.